The molecule has 0 spiro atoms. The van der Waals surface area contributed by atoms with Crippen LogP contribution in [0.5, 0.6) is 0 Å². The average Bonchev–Trinajstić information content (AvgIpc) is 3.21. The predicted molar refractivity (Wildman–Crippen MR) is 82.2 cm³/mol. The summed E-state index contributed by atoms with van der Waals surface area (Å²) in [5.41, 5.74) is 2.52. The molecule has 0 saturated heterocycles. The Kier molecular flexibility index (Phi) is 5.10. The van der Waals surface area contributed by atoms with E-state index >= 15 is 0 Å². The third kappa shape index (κ3) is 3.54. The van der Waals surface area contributed by atoms with Crippen LogP contribution in [-0.2, 0) is 18.2 Å². The summed E-state index contributed by atoms with van der Waals surface area (Å²) >= 11 is 6.39. The molecule has 0 aliphatic heterocycles. The summed E-state index contributed by atoms with van der Waals surface area (Å²) in [5, 5.41) is 8.73. The standard InChI is InChI=1S/C15H26ClN3O/c1-11-13(14(16)19(3)18-11)9-15(2,12-5-6-12)10-17-7-8-20-4/h12,17H,5-10H2,1-4H3. The summed E-state index contributed by atoms with van der Waals surface area (Å²) in [6, 6.07) is 0. The molecule has 1 heterocycles. The SMILES string of the molecule is COCCNCC(C)(Cc1c(C)nn(C)c1Cl)C1CC1. The first-order chi connectivity index (χ1) is 9.48. The highest BCUT2D eigenvalue weighted by Gasteiger charge is 2.42. The molecule has 4 nitrogen and oxygen atoms in total. The minimum absolute atomic E-state index is 0.255. The number of ether oxygens (including phenoxy) is 1. The van der Waals surface area contributed by atoms with Gasteiger partial charge in [-0.05, 0) is 37.5 Å². The van der Waals surface area contributed by atoms with Crippen molar-refractivity contribution >= 4 is 11.6 Å². The number of methoxy groups -OCH3 is 1. The van der Waals surface area contributed by atoms with Crippen LogP contribution in [0, 0.1) is 18.3 Å². The topological polar surface area (TPSA) is 39.1 Å². The molecule has 1 aromatic heterocycles. The van der Waals surface area contributed by atoms with Gasteiger partial charge in [-0.1, -0.05) is 18.5 Å². The summed E-state index contributed by atoms with van der Waals surface area (Å²) in [6.07, 6.45) is 3.66. The maximum Gasteiger partial charge on any atom is 0.130 e. The van der Waals surface area contributed by atoms with Gasteiger partial charge in [-0.25, -0.2) is 0 Å². The Bertz CT molecular complexity index is 456. The van der Waals surface area contributed by atoms with E-state index in [2.05, 4.69) is 17.3 Å². The van der Waals surface area contributed by atoms with E-state index in [1.165, 1.54) is 18.4 Å². The summed E-state index contributed by atoms with van der Waals surface area (Å²) in [4.78, 5) is 0. The molecule has 1 aliphatic rings. The van der Waals surface area contributed by atoms with Crippen molar-refractivity contribution in [3.8, 4) is 0 Å². The van der Waals surface area contributed by atoms with Crippen LogP contribution in [0.1, 0.15) is 31.0 Å². The Balaban J connectivity index is 2.04. The van der Waals surface area contributed by atoms with E-state index in [-0.39, 0.29) is 5.41 Å². The molecule has 2 rings (SSSR count). The number of halogens is 1. The molecular weight excluding hydrogens is 274 g/mol. The Morgan fingerprint density at radius 2 is 2.20 bits per heavy atom. The first-order valence-corrected chi connectivity index (χ1v) is 7.73. The fourth-order valence-corrected chi connectivity index (χ4v) is 3.20. The number of nitrogens with zero attached hydrogens (tertiary/aromatic N) is 2. The minimum Gasteiger partial charge on any atom is -0.383 e. The van der Waals surface area contributed by atoms with Crippen molar-refractivity contribution in [2.24, 2.45) is 18.4 Å². The lowest BCUT2D eigenvalue weighted by Crippen LogP contribution is -2.37. The van der Waals surface area contributed by atoms with Crippen LogP contribution in [0.2, 0.25) is 5.15 Å². The van der Waals surface area contributed by atoms with Crippen LogP contribution >= 0.6 is 11.6 Å². The van der Waals surface area contributed by atoms with E-state index in [0.717, 1.165) is 42.9 Å². The summed E-state index contributed by atoms with van der Waals surface area (Å²) in [6.45, 7) is 7.08. The molecule has 0 bridgehead atoms. The molecule has 0 amide bonds. The van der Waals surface area contributed by atoms with Crippen molar-refractivity contribution in [2.75, 3.05) is 26.8 Å². The Morgan fingerprint density at radius 3 is 2.70 bits per heavy atom. The lowest BCUT2D eigenvalue weighted by atomic mass is 9.79. The molecule has 1 fully saturated rings. The van der Waals surface area contributed by atoms with Crippen LogP contribution in [-0.4, -0.2) is 36.6 Å². The maximum atomic E-state index is 6.39. The monoisotopic (exact) mass is 299 g/mol. The molecule has 1 N–H and O–H groups in total. The van der Waals surface area contributed by atoms with Crippen LogP contribution in [0.15, 0.2) is 0 Å². The zero-order chi connectivity index (χ0) is 14.8. The van der Waals surface area contributed by atoms with Crippen LogP contribution in [0.25, 0.3) is 0 Å². The van der Waals surface area contributed by atoms with E-state index in [1.807, 2.05) is 14.0 Å². The van der Waals surface area contributed by atoms with Gasteiger partial charge in [0.05, 0.1) is 12.3 Å². The Hall–Kier alpha value is -0.580. The summed E-state index contributed by atoms with van der Waals surface area (Å²) < 4.78 is 6.87. The molecule has 1 aliphatic carbocycles. The van der Waals surface area contributed by atoms with Crippen molar-refractivity contribution in [1.29, 1.82) is 0 Å². The van der Waals surface area contributed by atoms with Crippen LogP contribution in [0.3, 0.4) is 0 Å². The molecular formula is C15H26ClN3O. The Labute approximate surface area is 126 Å². The van der Waals surface area contributed by atoms with E-state index < -0.39 is 0 Å². The van der Waals surface area contributed by atoms with Gasteiger partial charge in [0.25, 0.3) is 0 Å². The third-order valence-electron chi connectivity index (χ3n) is 4.43. The molecule has 0 radical (unpaired) electrons. The normalized spacial score (nSPS) is 18.2. The average molecular weight is 300 g/mol. The van der Waals surface area contributed by atoms with Gasteiger partial charge in [-0.3, -0.25) is 4.68 Å². The highest BCUT2D eigenvalue weighted by atomic mass is 35.5. The first-order valence-electron chi connectivity index (χ1n) is 7.35. The summed E-state index contributed by atoms with van der Waals surface area (Å²) in [5.74, 6) is 0.799. The largest absolute Gasteiger partial charge is 0.383 e. The number of aryl methyl sites for hydroxylation is 2. The molecule has 114 valence electrons. The molecule has 1 saturated carbocycles. The maximum absolute atomic E-state index is 6.39. The van der Waals surface area contributed by atoms with Crippen LogP contribution in [0.4, 0.5) is 0 Å². The Morgan fingerprint density at radius 1 is 1.50 bits per heavy atom. The predicted octanol–water partition coefficient (Wildman–Crippen LogP) is 2.58. The lowest BCUT2D eigenvalue weighted by molar-refractivity contribution is 0.187. The van der Waals surface area contributed by atoms with Gasteiger partial charge in [0.1, 0.15) is 5.15 Å². The van der Waals surface area contributed by atoms with Crippen molar-refractivity contribution in [3.63, 3.8) is 0 Å². The van der Waals surface area contributed by atoms with Gasteiger partial charge in [-0.2, -0.15) is 5.10 Å². The zero-order valence-electron chi connectivity index (χ0n) is 13.0. The second-order valence-electron chi connectivity index (χ2n) is 6.25. The van der Waals surface area contributed by atoms with Crippen molar-refractivity contribution in [1.82, 2.24) is 15.1 Å². The summed E-state index contributed by atoms with van der Waals surface area (Å²) in [7, 11) is 3.64. The fraction of sp³-hybridized carbons (Fsp3) is 0.800. The number of hydrogen-bond acceptors (Lipinski definition) is 3. The van der Waals surface area contributed by atoms with E-state index in [4.69, 9.17) is 16.3 Å². The zero-order valence-corrected chi connectivity index (χ0v) is 13.8. The highest BCUT2D eigenvalue weighted by molar-refractivity contribution is 6.30. The first kappa shape index (κ1) is 15.8. The van der Waals surface area contributed by atoms with Crippen molar-refractivity contribution in [2.45, 2.75) is 33.1 Å². The van der Waals surface area contributed by atoms with Gasteiger partial charge in [0.2, 0.25) is 0 Å². The second kappa shape index (κ2) is 6.46. The van der Waals surface area contributed by atoms with Gasteiger partial charge in [0, 0.05) is 32.8 Å². The fourth-order valence-electron chi connectivity index (χ4n) is 2.96. The lowest BCUT2D eigenvalue weighted by Gasteiger charge is -2.30. The second-order valence-corrected chi connectivity index (χ2v) is 6.61. The van der Waals surface area contributed by atoms with Crippen LogP contribution < -0.4 is 5.32 Å². The number of hydrogen-bond donors (Lipinski definition) is 1. The quantitative estimate of drug-likeness (QED) is 0.750. The minimum atomic E-state index is 0.255. The highest BCUT2D eigenvalue weighted by Crippen LogP contribution is 2.47. The number of aromatic nitrogens is 2. The number of nitrogens with one attached hydrogen (secondary N) is 1. The van der Waals surface area contributed by atoms with E-state index in [9.17, 15) is 0 Å². The van der Waals surface area contributed by atoms with Crippen molar-refractivity contribution in [3.05, 3.63) is 16.4 Å². The van der Waals surface area contributed by atoms with Gasteiger partial charge >= 0.3 is 0 Å². The third-order valence-corrected chi connectivity index (χ3v) is 4.90. The molecule has 20 heavy (non-hydrogen) atoms. The van der Waals surface area contributed by atoms with Crippen molar-refractivity contribution < 1.29 is 4.74 Å². The van der Waals surface area contributed by atoms with E-state index in [1.54, 1.807) is 11.8 Å². The van der Waals surface area contributed by atoms with Gasteiger partial charge in [0.15, 0.2) is 0 Å². The number of rotatable bonds is 8. The smallest absolute Gasteiger partial charge is 0.130 e. The van der Waals surface area contributed by atoms with Gasteiger partial charge in [-0.15, -0.1) is 0 Å². The van der Waals surface area contributed by atoms with Gasteiger partial charge < -0.3 is 10.1 Å². The van der Waals surface area contributed by atoms with E-state index in [0.29, 0.717) is 0 Å². The molecule has 5 heteroatoms. The molecule has 0 aromatic carbocycles. The molecule has 1 atom stereocenters. The molecule has 1 unspecified atom stereocenters. The molecule has 1 aromatic rings.